The van der Waals surface area contributed by atoms with Crippen LogP contribution in [0.3, 0.4) is 0 Å². The highest BCUT2D eigenvalue weighted by Crippen LogP contribution is 2.25. The van der Waals surface area contributed by atoms with Crippen molar-refractivity contribution in [2.45, 2.75) is 13.8 Å². The molecule has 3 nitrogen and oxygen atoms in total. The molecule has 4 aromatic rings. The van der Waals surface area contributed by atoms with Gasteiger partial charge >= 0.3 is 0 Å². The Balaban J connectivity index is 2.54. The third kappa shape index (κ3) is 1.43. The minimum atomic E-state index is 0.00278. The van der Waals surface area contributed by atoms with Crippen LogP contribution in [0.1, 0.15) is 13.8 Å². The Bertz CT molecular complexity index is 1160. The van der Waals surface area contributed by atoms with E-state index in [1.165, 1.54) is 0 Å². The molecule has 3 heteroatoms. The molecule has 0 saturated carbocycles. The van der Waals surface area contributed by atoms with Crippen LogP contribution in [0, 0.1) is 0 Å². The molecule has 0 atom stereocenters. The number of aromatic nitrogens is 2. The lowest BCUT2D eigenvalue weighted by Gasteiger charge is -2.06. The number of imidazole rings is 1. The van der Waals surface area contributed by atoms with Crippen LogP contribution in [0.25, 0.3) is 39.3 Å². The van der Waals surface area contributed by atoms with E-state index in [4.69, 9.17) is 0 Å². The number of benzene rings is 2. The quantitative estimate of drug-likeness (QED) is 0.492. The molecular weight excluding hydrogens is 260 g/mol. The summed E-state index contributed by atoms with van der Waals surface area (Å²) in [6.45, 7) is 3.88. The number of rotatable bonds is 0. The van der Waals surface area contributed by atoms with Crippen molar-refractivity contribution in [3.63, 3.8) is 0 Å². The standard InChI is InChI=1S/C18H14N2O/c1-3-14-15(4-2)20-17(19-14)12-9-5-7-11-8-6-10-13(16(11)12)18(20)21/h3-10H,1-2H3/b14-3+,15-4+. The second-order valence-corrected chi connectivity index (χ2v) is 5.13. The van der Waals surface area contributed by atoms with Crippen LogP contribution in [0.2, 0.25) is 0 Å². The van der Waals surface area contributed by atoms with Crippen molar-refractivity contribution in [1.82, 2.24) is 9.38 Å². The molecule has 0 bridgehead atoms. The van der Waals surface area contributed by atoms with E-state index in [2.05, 4.69) is 4.98 Å². The van der Waals surface area contributed by atoms with Crippen LogP contribution in [0.5, 0.6) is 0 Å². The van der Waals surface area contributed by atoms with Gasteiger partial charge in [-0.3, -0.25) is 9.20 Å². The first kappa shape index (κ1) is 12.1. The van der Waals surface area contributed by atoms with Gasteiger partial charge in [0.05, 0.1) is 10.7 Å². The molecule has 0 fully saturated rings. The molecule has 0 aliphatic rings. The number of hydrogen-bond donors (Lipinski definition) is 0. The van der Waals surface area contributed by atoms with E-state index >= 15 is 0 Å². The van der Waals surface area contributed by atoms with Crippen molar-refractivity contribution in [2.24, 2.45) is 0 Å². The molecule has 0 radical (unpaired) electrons. The lowest BCUT2D eigenvalue weighted by atomic mass is 10.0. The minimum absolute atomic E-state index is 0.00278. The fraction of sp³-hybridized carbons (Fsp3) is 0.111. The van der Waals surface area contributed by atoms with E-state index in [1.807, 2.05) is 62.4 Å². The molecule has 0 aliphatic heterocycles. The maximum atomic E-state index is 12.9. The summed E-state index contributed by atoms with van der Waals surface area (Å²) in [7, 11) is 0. The Morgan fingerprint density at radius 3 is 2.38 bits per heavy atom. The zero-order chi connectivity index (χ0) is 14.6. The SMILES string of the molecule is C/C=c1/nc2c3cccc4cccc(c(=O)n2/c1=C/C)c43. The van der Waals surface area contributed by atoms with Gasteiger partial charge in [-0.05, 0) is 25.3 Å². The average Bonchev–Trinajstić information content (AvgIpc) is 2.91. The van der Waals surface area contributed by atoms with Crippen LogP contribution in [0.15, 0.2) is 41.2 Å². The number of pyridine rings is 1. The van der Waals surface area contributed by atoms with E-state index < -0.39 is 0 Å². The predicted octanol–water partition coefficient (Wildman–Crippen LogP) is 2.04. The van der Waals surface area contributed by atoms with Crippen molar-refractivity contribution in [1.29, 1.82) is 0 Å². The Kier molecular flexibility index (Phi) is 2.39. The molecule has 0 amide bonds. The molecule has 0 aliphatic carbocycles. The smallest absolute Gasteiger partial charge is 0.264 e. The summed E-state index contributed by atoms with van der Waals surface area (Å²) in [6.07, 6.45) is 3.89. The third-order valence-electron chi connectivity index (χ3n) is 4.07. The zero-order valence-corrected chi connectivity index (χ0v) is 11.9. The van der Waals surface area contributed by atoms with Crippen LogP contribution in [0.4, 0.5) is 0 Å². The van der Waals surface area contributed by atoms with Gasteiger partial charge in [-0.1, -0.05) is 42.5 Å². The van der Waals surface area contributed by atoms with Gasteiger partial charge < -0.3 is 0 Å². The summed E-state index contributed by atoms with van der Waals surface area (Å²) in [5, 5.41) is 5.58. The third-order valence-corrected chi connectivity index (χ3v) is 4.07. The van der Waals surface area contributed by atoms with Gasteiger partial charge in [0.1, 0.15) is 5.65 Å². The molecule has 4 rings (SSSR count). The normalized spacial score (nSPS) is 14.0. The first-order valence-corrected chi connectivity index (χ1v) is 7.04. The molecule has 2 heterocycles. The van der Waals surface area contributed by atoms with Crippen molar-refractivity contribution >= 4 is 39.3 Å². The second kappa shape index (κ2) is 4.16. The van der Waals surface area contributed by atoms with Gasteiger partial charge in [0, 0.05) is 16.2 Å². The molecule has 2 aromatic heterocycles. The second-order valence-electron chi connectivity index (χ2n) is 5.13. The highest BCUT2D eigenvalue weighted by atomic mass is 16.1. The molecule has 0 spiro atoms. The Morgan fingerprint density at radius 1 is 1.00 bits per heavy atom. The summed E-state index contributed by atoms with van der Waals surface area (Å²) in [4.78, 5) is 17.6. The number of hydrogen-bond acceptors (Lipinski definition) is 2. The van der Waals surface area contributed by atoms with Gasteiger partial charge in [-0.15, -0.1) is 0 Å². The van der Waals surface area contributed by atoms with Gasteiger partial charge in [-0.2, -0.15) is 0 Å². The highest BCUT2D eigenvalue weighted by Gasteiger charge is 2.13. The maximum Gasteiger partial charge on any atom is 0.264 e. The summed E-state index contributed by atoms with van der Waals surface area (Å²) in [6, 6.07) is 12.0. The Morgan fingerprint density at radius 2 is 1.71 bits per heavy atom. The van der Waals surface area contributed by atoms with E-state index in [9.17, 15) is 4.79 Å². The summed E-state index contributed by atoms with van der Waals surface area (Å²) < 4.78 is 1.73. The van der Waals surface area contributed by atoms with E-state index in [0.717, 1.165) is 37.9 Å². The van der Waals surface area contributed by atoms with Gasteiger partial charge in [0.2, 0.25) is 0 Å². The molecule has 21 heavy (non-hydrogen) atoms. The first-order valence-electron chi connectivity index (χ1n) is 7.04. The lowest BCUT2D eigenvalue weighted by molar-refractivity contribution is 1.09. The molecule has 2 aromatic carbocycles. The highest BCUT2D eigenvalue weighted by molar-refractivity contribution is 6.14. The summed E-state index contributed by atoms with van der Waals surface area (Å²) >= 11 is 0. The Labute approximate surface area is 120 Å². The van der Waals surface area contributed by atoms with Crippen molar-refractivity contribution in [3.8, 4) is 0 Å². The maximum absolute atomic E-state index is 12.9. The summed E-state index contributed by atoms with van der Waals surface area (Å²) in [5.74, 6) is 0. The molecule has 0 saturated heterocycles. The monoisotopic (exact) mass is 274 g/mol. The molecule has 0 N–H and O–H groups in total. The summed E-state index contributed by atoms with van der Waals surface area (Å²) in [5.41, 5.74) is 0.744. The fourth-order valence-electron chi connectivity index (χ4n) is 3.15. The van der Waals surface area contributed by atoms with Crippen molar-refractivity contribution in [3.05, 3.63) is 57.5 Å². The molecule has 102 valence electrons. The number of fused-ring (bicyclic) bond motifs is 2. The molecular formula is C18H14N2O. The van der Waals surface area contributed by atoms with E-state index in [-0.39, 0.29) is 5.56 Å². The van der Waals surface area contributed by atoms with Gasteiger partial charge in [0.15, 0.2) is 0 Å². The van der Waals surface area contributed by atoms with Crippen LogP contribution in [-0.2, 0) is 0 Å². The van der Waals surface area contributed by atoms with Crippen LogP contribution >= 0.6 is 0 Å². The average molecular weight is 274 g/mol. The number of nitrogens with zero attached hydrogens (tertiary/aromatic N) is 2. The zero-order valence-electron chi connectivity index (χ0n) is 11.9. The van der Waals surface area contributed by atoms with Gasteiger partial charge in [-0.25, -0.2) is 4.98 Å². The first-order chi connectivity index (χ1) is 10.3. The predicted molar refractivity (Wildman–Crippen MR) is 87.2 cm³/mol. The molecule has 0 unspecified atom stereocenters. The minimum Gasteiger partial charge on any atom is -0.268 e. The fourth-order valence-corrected chi connectivity index (χ4v) is 3.15. The topological polar surface area (TPSA) is 34.4 Å². The Hall–Kier alpha value is -2.68. The van der Waals surface area contributed by atoms with E-state index in [0.29, 0.717) is 0 Å². The van der Waals surface area contributed by atoms with Crippen molar-refractivity contribution in [2.75, 3.05) is 0 Å². The largest absolute Gasteiger partial charge is 0.268 e. The van der Waals surface area contributed by atoms with Crippen molar-refractivity contribution < 1.29 is 0 Å². The lowest BCUT2D eigenvalue weighted by Crippen LogP contribution is -2.32. The van der Waals surface area contributed by atoms with Gasteiger partial charge in [0.25, 0.3) is 5.56 Å². The van der Waals surface area contributed by atoms with E-state index in [1.54, 1.807) is 4.40 Å². The van der Waals surface area contributed by atoms with Crippen LogP contribution < -0.4 is 16.3 Å². The van der Waals surface area contributed by atoms with Crippen LogP contribution in [-0.4, -0.2) is 9.38 Å².